The first kappa shape index (κ1) is 11.8. The van der Waals surface area contributed by atoms with Gasteiger partial charge in [-0.05, 0) is 0 Å². The highest BCUT2D eigenvalue weighted by molar-refractivity contribution is 5.82. The highest BCUT2D eigenvalue weighted by atomic mass is 16.5. The maximum atomic E-state index is 11.4. The Labute approximate surface area is 87.8 Å². The van der Waals surface area contributed by atoms with Crippen LogP contribution < -0.4 is 0 Å². The largest absolute Gasteiger partial charge is 0.467 e. The molecular weight excluding hydrogens is 202 g/mol. The maximum Gasteiger partial charge on any atom is 0.408 e. The van der Waals surface area contributed by atoms with Gasteiger partial charge in [-0.15, -0.1) is 0 Å². The smallest absolute Gasteiger partial charge is 0.408 e. The highest BCUT2D eigenvalue weighted by Gasteiger charge is 2.46. The number of carbonyl (C=O) groups excluding carboxylic acids is 1. The average molecular weight is 217 g/mol. The molecule has 3 unspecified atom stereocenters. The van der Waals surface area contributed by atoms with Crippen molar-refractivity contribution in [2.75, 3.05) is 20.8 Å². The van der Waals surface area contributed by atoms with Crippen molar-refractivity contribution in [2.24, 2.45) is 5.92 Å². The van der Waals surface area contributed by atoms with Crippen molar-refractivity contribution in [1.29, 1.82) is 0 Å². The molecule has 0 aromatic rings. The number of likely N-dealkylation sites (tertiary alicyclic amines) is 1. The Bertz CT molecular complexity index is 267. The van der Waals surface area contributed by atoms with Gasteiger partial charge in [0.2, 0.25) is 0 Å². The molecule has 6 nitrogen and oxygen atoms in total. The molecule has 1 N–H and O–H groups in total. The zero-order valence-electron chi connectivity index (χ0n) is 8.97. The molecule has 1 fully saturated rings. The van der Waals surface area contributed by atoms with Crippen LogP contribution in [0.1, 0.15) is 6.92 Å². The first-order chi connectivity index (χ1) is 7.02. The molecule has 3 atom stereocenters. The lowest BCUT2D eigenvalue weighted by Gasteiger charge is -2.21. The molecule has 0 aromatic heterocycles. The molecule has 0 radical (unpaired) electrons. The lowest BCUT2D eigenvalue weighted by Crippen LogP contribution is -2.42. The van der Waals surface area contributed by atoms with Gasteiger partial charge < -0.3 is 14.6 Å². The molecular formula is C9H15NO5. The zero-order valence-corrected chi connectivity index (χ0v) is 8.97. The molecule has 15 heavy (non-hydrogen) atoms. The van der Waals surface area contributed by atoms with E-state index >= 15 is 0 Å². The third kappa shape index (κ3) is 2.04. The summed E-state index contributed by atoms with van der Waals surface area (Å²) in [6, 6.07) is -0.766. The standard InChI is InChI=1S/C9H15NO5/c1-5-6(14-2)4-10(9(12)13)7(5)8(11)15-3/h5-7H,4H2,1-3H3,(H,12,13). The minimum absolute atomic E-state index is 0.196. The van der Waals surface area contributed by atoms with E-state index in [1.54, 1.807) is 6.92 Å². The third-order valence-corrected chi connectivity index (χ3v) is 2.79. The monoisotopic (exact) mass is 217 g/mol. The van der Waals surface area contributed by atoms with Gasteiger partial charge >= 0.3 is 12.1 Å². The van der Waals surface area contributed by atoms with Gasteiger partial charge in [0.15, 0.2) is 0 Å². The van der Waals surface area contributed by atoms with E-state index in [1.165, 1.54) is 14.2 Å². The molecule has 1 heterocycles. The molecule has 1 aliphatic heterocycles. The van der Waals surface area contributed by atoms with Gasteiger partial charge in [0.1, 0.15) is 6.04 Å². The quantitative estimate of drug-likeness (QED) is 0.667. The molecule has 1 amide bonds. The third-order valence-electron chi connectivity index (χ3n) is 2.79. The van der Waals surface area contributed by atoms with Crippen LogP contribution in [0.5, 0.6) is 0 Å². The van der Waals surface area contributed by atoms with Crippen LogP contribution in [-0.2, 0) is 14.3 Å². The van der Waals surface area contributed by atoms with Crippen LogP contribution in [0, 0.1) is 5.92 Å². The van der Waals surface area contributed by atoms with E-state index in [1.807, 2.05) is 0 Å². The number of methoxy groups -OCH3 is 2. The topological polar surface area (TPSA) is 76.1 Å². The number of hydrogen-bond donors (Lipinski definition) is 1. The molecule has 0 bridgehead atoms. The van der Waals surface area contributed by atoms with Gasteiger partial charge in [-0.2, -0.15) is 0 Å². The van der Waals surface area contributed by atoms with Crippen molar-refractivity contribution < 1.29 is 24.2 Å². The predicted molar refractivity (Wildman–Crippen MR) is 50.5 cm³/mol. The number of carbonyl (C=O) groups is 2. The van der Waals surface area contributed by atoms with E-state index in [9.17, 15) is 9.59 Å². The summed E-state index contributed by atoms with van der Waals surface area (Å²) in [5, 5.41) is 8.92. The first-order valence-corrected chi connectivity index (χ1v) is 4.63. The number of amides is 1. The van der Waals surface area contributed by atoms with Gasteiger partial charge in [-0.1, -0.05) is 6.92 Å². The van der Waals surface area contributed by atoms with Crippen molar-refractivity contribution in [3.63, 3.8) is 0 Å². The molecule has 0 aromatic carbocycles. The van der Waals surface area contributed by atoms with Crippen LogP contribution in [0.4, 0.5) is 4.79 Å². The Morgan fingerprint density at radius 3 is 2.40 bits per heavy atom. The van der Waals surface area contributed by atoms with Crippen LogP contribution in [0.25, 0.3) is 0 Å². The predicted octanol–water partition coefficient (Wildman–Crippen LogP) is 0.173. The van der Waals surface area contributed by atoms with Crippen LogP contribution in [-0.4, -0.2) is 55.0 Å². The van der Waals surface area contributed by atoms with Gasteiger partial charge in [0.25, 0.3) is 0 Å². The normalized spacial score (nSPS) is 30.3. The average Bonchev–Trinajstić information content (AvgIpc) is 2.54. The SMILES string of the molecule is COC(=O)C1C(C)C(OC)CN1C(=O)O. The second-order valence-electron chi connectivity index (χ2n) is 3.54. The minimum Gasteiger partial charge on any atom is -0.467 e. The van der Waals surface area contributed by atoms with Gasteiger partial charge in [0, 0.05) is 13.0 Å². The molecule has 1 aliphatic rings. The van der Waals surface area contributed by atoms with Crippen LogP contribution in [0.15, 0.2) is 0 Å². The zero-order chi connectivity index (χ0) is 11.6. The van der Waals surface area contributed by atoms with E-state index in [0.717, 1.165) is 4.90 Å². The van der Waals surface area contributed by atoms with Gasteiger partial charge in [-0.3, -0.25) is 4.90 Å². The molecule has 0 aliphatic carbocycles. The van der Waals surface area contributed by atoms with E-state index in [0.29, 0.717) is 0 Å². The molecule has 6 heteroatoms. The Balaban J connectivity index is 2.88. The molecule has 0 spiro atoms. The molecule has 1 rings (SSSR count). The number of hydrogen-bond acceptors (Lipinski definition) is 4. The summed E-state index contributed by atoms with van der Waals surface area (Å²) < 4.78 is 9.69. The van der Waals surface area contributed by atoms with Crippen molar-refractivity contribution >= 4 is 12.1 Å². The summed E-state index contributed by atoms with van der Waals surface area (Å²) in [6.45, 7) is 1.98. The summed E-state index contributed by atoms with van der Waals surface area (Å²) in [6.07, 6.45) is -1.39. The maximum absolute atomic E-state index is 11.4. The fraction of sp³-hybridized carbons (Fsp3) is 0.778. The summed E-state index contributed by atoms with van der Waals surface area (Å²) >= 11 is 0. The number of carboxylic acid groups (broad SMARTS) is 1. The second kappa shape index (κ2) is 4.48. The van der Waals surface area contributed by atoms with E-state index in [4.69, 9.17) is 9.84 Å². The molecule has 1 saturated heterocycles. The van der Waals surface area contributed by atoms with E-state index in [2.05, 4.69) is 4.74 Å². The molecule has 86 valence electrons. The van der Waals surface area contributed by atoms with E-state index in [-0.39, 0.29) is 18.6 Å². The summed E-state index contributed by atoms with van der Waals surface area (Å²) in [4.78, 5) is 23.4. The summed E-state index contributed by atoms with van der Waals surface area (Å²) in [5.41, 5.74) is 0. The lowest BCUT2D eigenvalue weighted by atomic mass is 10.0. The summed E-state index contributed by atoms with van der Waals surface area (Å²) in [7, 11) is 2.75. The Hall–Kier alpha value is -1.30. The Kier molecular flexibility index (Phi) is 3.52. The second-order valence-corrected chi connectivity index (χ2v) is 3.54. The van der Waals surface area contributed by atoms with E-state index < -0.39 is 18.1 Å². The van der Waals surface area contributed by atoms with Crippen LogP contribution in [0.3, 0.4) is 0 Å². The number of rotatable bonds is 2. The van der Waals surface area contributed by atoms with Gasteiger partial charge in [-0.25, -0.2) is 9.59 Å². The molecule has 0 saturated carbocycles. The number of nitrogens with zero attached hydrogens (tertiary/aromatic N) is 1. The first-order valence-electron chi connectivity index (χ1n) is 4.63. The van der Waals surface area contributed by atoms with Crippen molar-refractivity contribution in [3.8, 4) is 0 Å². The van der Waals surface area contributed by atoms with Crippen molar-refractivity contribution in [1.82, 2.24) is 4.90 Å². The van der Waals surface area contributed by atoms with Crippen molar-refractivity contribution in [2.45, 2.75) is 19.1 Å². The fourth-order valence-corrected chi connectivity index (χ4v) is 1.91. The van der Waals surface area contributed by atoms with Gasteiger partial charge in [0.05, 0.1) is 19.8 Å². The lowest BCUT2D eigenvalue weighted by molar-refractivity contribution is -0.146. The number of ether oxygens (including phenoxy) is 2. The van der Waals surface area contributed by atoms with Crippen LogP contribution >= 0.6 is 0 Å². The van der Waals surface area contributed by atoms with Crippen LogP contribution in [0.2, 0.25) is 0 Å². The summed E-state index contributed by atoms with van der Waals surface area (Å²) in [5.74, 6) is -0.733. The minimum atomic E-state index is -1.13. The number of esters is 1. The Morgan fingerprint density at radius 1 is 1.40 bits per heavy atom. The fourth-order valence-electron chi connectivity index (χ4n) is 1.91. The Morgan fingerprint density at radius 2 is 2.00 bits per heavy atom. The highest BCUT2D eigenvalue weighted by Crippen LogP contribution is 2.27. The van der Waals surface area contributed by atoms with Crippen molar-refractivity contribution in [3.05, 3.63) is 0 Å².